The number of carbonyl (C=O) groups is 2. The minimum absolute atomic E-state index is 0.0325. The summed E-state index contributed by atoms with van der Waals surface area (Å²) in [6, 6.07) is 12.7. The van der Waals surface area contributed by atoms with Crippen molar-refractivity contribution in [2.75, 3.05) is 62.1 Å². The zero-order valence-corrected chi connectivity index (χ0v) is 34.9. The first-order valence-electron chi connectivity index (χ1n) is 17.0. The predicted molar refractivity (Wildman–Crippen MR) is 218 cm³/mol. The van der Waals surface area contributed by atoms with E-state index in [1.54, 1.807) is 50.4 Å². The van der Waals surface area contributed by atoms with E-state index in [4.69, 9.17) is 48.7 Å². The van der Waals surface area contributed by atoms with E-state index in [0.717, 1.165) is 11.1 Å². The molecule has 13 nitrogen and oxygen atoms in total. The van der Waals surface area contributed by atoms with Crippen LogP contribution in [0.3, 0.4) is 0 Å². The predicted octanol–water partition coefficient (Wildman–Crippen LogP) is 7.12. The van der Waals surface area contributed by atoms with E-state index >= 15 is 0 Å². The smallest absolute Gasteiger partial charge is 0.264 e. The summed E-state index contributed by atoms with van der Waals surface area (Å²) in [5, 5.41) is 7.16. The molecule has 3 aromatic heterocycles. The largest absolute Gasteiger partial charge is 0.464 e. The van der Waals surface area contributed by atoms with E-state index < -0.39 is 20.0 Å². The minimum atomic E-state index is -4.00. The number of carbonyl (C=O) groups excluding carboxylic acids is 2. The van der Waals surface area contributed by atoms with Gasteiger partial charge in [0.15, 0.2) is 0 Å². The normalized spacial score (nSPS) is 14.9. The second-order valence-electron chi connectivity index (χ2n) is 12.4. The number of furan rings is 1. The van der Waals surface area contributed by atoms with Gasteiger partial charge in [0.2, 0.25) is 11.8 Å². The Bertz CT molecular complexity index is 2340. The van der Waals surface area contributed by atoms with E-state index in [2.05, 4.69) is 9.44 Å². The molecule has 0 spiro atoms. The molecule has 5 heterocycles. The van der Waals surface area contributed by atoms with Crippen molar-refractivity contribution in [2.24, 2.45) is 0 Å². The molecule has 2 N–H and O–H groups in total. The summed E-state index contributed by atoms with van der Waals surface area (Å²) >= 11 is 20.6. The molecule has 0 radical (unpaired) electrons. The first-order valence-corrected chi connectivity index (χ1v) is 22.9. The Kier molecular flexibility index (Phi) is 14.0. The molecule has 0 unspecified atom stereocenters. The van der Waals surface area contributed by atoms with Crippen LogP contribution in [-0.2, 0) is 52.0 Å². The van der Waals surface area contributed by atoms with Crippen molar-refractivity contribution in [1.29, 1.82) is 0 Å². The number of hydrogen-bond donors (Lipinski definition) is 2. The SMILES string of the molecule is O=C(Cc1cscc1NS(=O)(=O)c1ccc(-c2ccco2)cc1)N1CCOCC1.O=C1COCCN1CCc1cscc1NS(=O)(=O)c1c(Cl)cc(Cl)cc1Cl. The number of nitrogens with one attached hydrogen (secondary N) is 2. The van der Waals surface area contributed by atoms with Crippen molar-refractivity contribution in [3.05, 3.63) is 103 Å². The molecule has 5 aromatic rings. The van der Waals surface area contributed by atoms with E-state index in [1.165, 1.54) is 46.9 Å². The van der Waals surface area contributed by atoms with Crippen molar-refractivity contribution in [2.45, 2.75) is 22.6 Å². The summed E-state index contributed by atoms with van der Waals surface area (Å²) in [6.07, 6.45) is 2.23. The number of thiophene rings is 2. The average molecular weight is 902 g/mol. The van der Waals surface area contributed by atoms with Gasteiger partial charge >= 0.3 is 0 Å². The molecule has 2 saturated heterocycles. The summed E-state index contributed by atoms with van der Waals surface area (Å²) in [4.78, 5) is 27.7. The molecule has 0 saturated carbocycles. The van der Waals surface area contributed by atoms with Gasteiger partial charge in [-0.3, -0.25) is 19.0 Å². The molecular formula is C36H35Cl3N4O9S4. The number of anilines is 2. The summed E-state index contributed by atoms with van der Waals surface area (Å²) in [5.41, 5.74) is 3.11. The maximum absolute atomic E-state index is 12.8. The zero-order valence-electron chi connectivity index (χ0n) is 29.4. The molecule has 0 bridgehead atoms. The van der Waals surface area contributed by atoms with Gasteiger partial charge in [0.1, 0.15) is 17.3 Å². The van der Waals surface area contributed by atoms with E-state index in [9.17, 15) is 26.4 Å². The Hall–Kier alpha value is -3.65. The molecular weight excluding hydrogens is 867 g/mol. The maximum Gasteiger partial charge on any atom is 0.264 e. The number of hydrogen-bond acceptors (Lipinski definition) is 11. The Morgan fingerprint density at radius 1 is 0.786 bits per heavy atom. The van der Waals surface area contributed by atoms with Gasteiger partial charge in [-0.2, -0.15) is 0 Å². The monoisotopic (exact) mass is 900 g/mol. The molecule has 298 valence electrons. The second kappa shape index (κ2) is 18.7. The quantitative estimate of drug-likeness (QED) is 0.133. The zero-order chi connectivity index (χ0) is 39.9. The highest BCUT2D eigenvalue weighted by atomic mass is 35.5. The van der Waals surface area contributed by atoms with Crippen LogP contribution < -0.4 is 9.44 Å². The van der Waals surface area contributed by atoms with Crippen LogP contribution in [0.2, 0.25) is 15.1 Å². The molecule has 2 amide bonds. The van der Waals surface area contributed by atoms with Crippen LogP contribution in [0.25, 0.3) is 11.3 Å². The van der Waals surface area contributed by atoms with E-state index in [1.807, 2.05) is 11.4 Å². The van der Waals surface area contributed by atoms with Crippen LogP contribution >= 0.6 is 57.5 Å². The third kappa shape index (κ3) is 10.6. The summed E-state index contributed by atoms with van der Waals surface area (Å²) in [6.45, 7) is 3.78. The van der Waals surface area contributed by atoms with Crippen molar-refractivity contribution in [3.8, 4) is 11.3 Å². The first-order chi connectivity index (χ1) is 26.8. The third-order valence-corrected chi connectivity index (χ3v) is 14.1. The lowest BCUT2D eigenvalue weighted by molar-refractivity contribution is -0.142. The number of ether oxygens (including phenoxy) is 2. The molecule has 2 aromatic carbocycles. The second-order valence-corrected chi connectivity index (χ2v) is 18.4. The fourth-order valence-electron chi connectivity index (χ4n) is 5.71. The molecule has 56 heavy (non-hydrogen) atoms. The van der Waals surface area contributed by atoms with Crippen molar-refractivity contribution >= 4 is 101 Å². The molecule has 0 aliphatic carbocycles. The molecule has 20 heteroatoms. The molecule has 2 aliphatic heterocycles. The molecule has 2 aliphatic rings. The number of morpholine rings is 2. The van der Waals surface area contributed by atoms with Crippen LogP contribution in [0, 0.1) is 0 Å². The highest BCUT2D eigenvalue weighted by molar-refractivity contribution is 7.93. The Morgan fingerprint density at radius 3 is 2.05 bits per heavy atom. The van der Waals surface area contributed by atoms with E-state index in [-0.39, 0.29) is 49.7 Å². The fraction of sp³-hybridized carbons (Fsp3) is 0.278. The number of halogens is 3. The number of amides is 2. The van der Waals surface area contributed by atoms with Crippen molar-refractivity contribution in [3.63, 3.8) is 0 Å². The topological polar surface area (TPSA) is 165 Å². The maximum atomic E-state index is 12.8. The molecule has 7 rings (SSSR count). The summed E-state index contributed by atoms with van der Waals surface area (Å²) in [7, 11) is -7.78. The van der Waals surface area contributed by atoms with Crippen LogP contribution in [0.1, 0.15) is 11.1 Å². The summed E-state index contributed by atoms with van der Waals surface area (Å²) < 4.78 is 71.9. The minimum Gasteiger partial charge on any atom is -0.464 e. The molecule has 0 atom stereocenters. The van der Waals surface area contributed by atoms with Gasteiger partial charge < -0.3 is 23.7 Å². The van der Waals surface area contributed by atoms with Gasteiger partial charge in [-0.05, 0) is 76.8 Å². The lowest BCUT2D eigenvalue weighted by Gasteiger charge is -2.26. The third-order valence-electron chi connectivity index (χ3n) is 8.62. The Morgan fingerprint density at radius 2 is 1.41 bits per heavy atom. The number of nitrogens with zero attached hydrogens (tertiary/aromatic N) is 2. The Labute approximate surface area is 347 Å². The standard InChI is InChI=1S/C20H20N2O5S2.C16H15Cl3N2O4S2/c23-20(22-7-10-26-11-8-22)12-16-13-28-14-18(16)21-29(24,25)17-5-3-15(4-6-17)19-2-1-9-27-19;17-11-5-12(18)16(13(19)6-11)27(23,24)20-14-9-26-8-10(14)1-2-21-3-4-25-7-15(21)22/h1-6,9,13-14,21H,7-8,10-12H2;5-6,8-9,20H,1-4,7H2. The molecule has 2 fully saturated rings. The highest BCUT2D eigenvalue weighted by Gasteiger charge is 2.25. The Balaban J connectivity index is 0.000000190. The van der Waals surface area contributed by atoms with Crippen LogP contribution in [0.4, 0.5) is 11.4 Å². The van der Waals surface area contributed by atoms with Gasteiger partial charge in [0.25, 0.3) is 20.0 Å². The van der Waals surface area contributed by atoms with Crippen molar-refractivity contribution in [1.82, 2.24) is 9.80 Å². The lowest BCUT2D eigenvalue weighted by Crippen LogP contribution is -2.42. The number of benzene rings is 2. The van der Waals surface area contributed by atoms with Gasteiger partial charge in [0.05, 0.1) is 58.8 Å². The highest BCUT2D eigenvalue weighted by Crippen LogP contribution is 2.35. The van der Waals surface area contributed by atoms with Crippen LogP contribution in [-0.4, -0.2) is 91.1 Å². The average Bonchev–Trinajstić information content (AvgIpc) is 3.95. The van der Waals surface area contributed by atoms with Gasteiger partial charge in [0, 0.05) is 47.5 Å². The van der Waals surface area contributed by atoms with Crippen LogP contribution in [0.15, 0.2) is 90.5 Å². The number of sulfonamides is 2. The van der Waals surface area contributed by atoms with Gasteiger partial charge in [-0.25, -0.2) is 16.8 Å². The van der Waals surface area contributed by atoms with Gasteiger partial charge in [-0.15, -0.1) is 22.7 Å². The van der Waals surface area contributed by atoms with E-state index in [0.29, 0.717) is 75.1 Å². The van der Waals surface area contributed by atoms with Crippen LogP contribution in [0.5, 0.6) is 0 Å². The fourth-order valence-corrected chi connectivity index (χ4v) is 11.2. The lowest BCUT2D eigenvalue weighted by atomic mass is 10.2. The van der Waals surface area contributed by atoms with Gasteiger partial charge in [-0.1, -0.05) is 34.8 Å². The first kappa shape index (κ1) is 42.0. The summed E-state index contributed by atoms with van der Waals surface area (Å²) in [5.74, 6) is 0.567. The van der Waals surface area contributed by atoms with Crippen molar-refractivity contribution < 1.29 is 40.3 Å². The number of rotatable bonds is 12.